The molecule has 0 aliphatic carbocycles. The van der Waals surface area contributed by atoms with Gasteiger partial charge in [0.25, 0.3) is 5.91 Å². The van der Waals surface area contributed by atoms with Gasteiger partial charge in [-0.3, -0.25) is 4.79 Å². The second-order valence-corrected chi connectivity index (χ2v) is 7.62. The first kappa shape index (κ1) is 17.7. The lowest BCUT2D eigenvalue weighted by atomic mass is 10.2. The van der Waals surface area contributed by atoms with Gasteiger partial charge in [0.1, 0.15) is 11.5 Å². The molecular formula is C17H20N2O5S. The van der Waals surface area contributed by atoms with Gasteiger partial charge >= 0.3 is 0 Å². The molecule has 134 valence electrons. The van der Waals surface area contributed by atoms with E-state index >= 15 is 0 Å². The van der Waals surface area contributed by atoms with E-state index in [4.69, 9.17) is 9.15 Å². The molecule has 1 aliphatic rings. The summed E-state index contributed by atoms with van der Waals surface area (Å²) in [6.07, 6.45) is 0.659. The van der Waals surface area contributed by atoms with E-state index in [1.54, 1.807) is 6.07 Å². The topological polar surface area (TPSA) is 97.6 Å². The van der Waals surface area contributed by atoms with Gasteiger partial charge in [0.2, 0.25) is 10.0 Å². The zero-order valence-corrected chi connectivity index (χ0v) is 14.6. The lowest BCUT2D eigenvalue weighted by Crippen LogP contribution is -2.35. The van der Waals surface area contributed by atoms with Crippen molar-refractivity contribution in [2.24, 2.45) is 0 Å². The lowest BCUT2D eigenvalue weighted by Gasteiger charge is -2.11. The highest BCUT2D eigenvalue weighted by atomic mass is 32.2. The molecular weight excluding hydrogens is 344 g/mol. The predicted octanol–water partition coefficient (Wildman–Crippen LogP) is 1.59. The molecule has 2 N–H and O–H groups in total. The Balaban J connectivity index is 1.61. The summed E-state index contributed by atoms with van der Waals surface area (Å²) in [6, 6.07) is 9.23. The third kappa shape index (κ3) is 4.47. The molecule has 1 aliphatic heterocycles. The highest BCUT2D eigenvalue weighted by Gasteiger charge is 2.23. The second-order valence-electron chi connectivity index (χ2n) is 5.90. The van der Waals surface area contributed by atoms with Gasteiger partial charge in [-0.25, -0.2) is 13.1 Å². The van der Waals surface area contributed by atoms with Crippen LogP contribution in [0.3, 0.4) is 0 Å². The first-order chi connectivity index (χ1) is 11.9. The zero-order valence-electron chi connectivity index (χ0n) is 13.8. The van der Waals surface area contributed by atoms with Crippen molar-refractivity contribution >= 4 is 15.9 Å². The van der Waals surface area contributed by atoms with Crippen LogP contribution < -0.4 is 10.0 Å². The van der Waals surface area contributed by atoms with Crippen molar-refractivity contribution in [3.05, 3.63) is 53.5 Å². The Morgan fingerprint density at radius 1 is 1.20 bits per heavy atom. The zero-order chi connectivity index (χ0) is 17.9. The second kappa shape index (κ2) is 7.38. The van der Waals surface area contributed by atoms with Gasteiger partial charge in [-0.1, -0.05) is 0 Å². The lowest BCUT2D eigenvalue weighted by molar-refractivity contribution is 0.0947. The van der Waals surface area contributed by atoms with Crippen LogP contribution in [0, 0.1) is 6.92 Å². The molecule has 1 unspecified atom stereocenters. The van der Waals surface area contributed by atoms with E-state index in [1.807, 2.05) is 13.0 Å². The number of hydrogen-bond donors (Lipinski definition) is 2. The van der Waals surface area contributed by atoms with Crippen LogP contribution in [0.4, 0.5) is 0 Å². The molecule has 2 heterocycles. The number of hydrogen-bond acceptors (Lipinski definition) is 5. The summed E-state index contributed by atoms with van der Waals surface area (Å²) in [5, 5.41) is 2.73. The number of benzene rings is 1. The van der Waals surface area contributed by atoms with Crippen molar-refractivity contribution in [3.8, 4) is 0 Å². The number of amides is 1. The summed E-state index contributed by atoms with van der Waals surface area (Å²) in [7, 11) is -3.62. The number of rotatable bonds is 6. The van der Waals surface area contributed by atoms with Crippen LogP contribution in [-0.2, 0) is 21.3 Å². The number of aryl methyl sites for hydroxylation is 1. The molecule has 0 radical (unpaired) electrons. The van der Waals surface area contributed by atoms with Gasteiger partial charge in [0.15, 0.2) is 0 Å². The van der Waals surface area contributed by atoms with E-state index in [1.165, 1.54) is 24.3 Å². The molecule has 1 fully saturated rings. The van der Waals surface area contributed by atoms with Crippen LogP contribution in [0.1, 0.15) is 28.3 Å². The van der Waals surface area contributed by atoms with Gasteiger partial charge in [-0.05, 0) is 49.7 Å². The highest BCUT2D eigenvalue weighted by molar-refractivity contribution is 7.89. The fourth-order valence-electron chi connectivity index (χ4n) is 2.55. The first-order valence-corrected chi connectivity index (χ1v) is 9.46. The summed E-state index contributed by atoms with van der Waals surface area (Å²) in [6.45, 7) is 3.04. The van der Waals surface area contributed by atoms with Crippen LogP contribution >= 0.6 is 0 Å². The molecule has 1 aromatic heterocycles. The number of nitrogens with one attached hydrogen (secondary N) is 2. The third-order valence-corrected chi connectivity index (χ3v) is 5.43. The Morgan fingerprint density at radius 2 is 1.96 bits per heavy atom. The summed E-state index contributed by atoms with van der Waals surface area (Å²) in [4.78, 5) is 12.3. The summed E-state index contributed by atoms with van der Waals surface area (Å²) < 4.78 is 37.8. The van der Waals surface area contributed by atoms with Crippen molar-refractivity contribution < 1.29 is 22.4 Å². The standard InChI is InChI=1S/C17H20N2O5S/c1-12-2-5-15(24-12)10-18-17(20)13-3-6-16(7-4-13)25(21,22)19-14-8-9-23-11-14/h2-7,14,19H,8-11H2,1H3,(H,18,20). The van der Waals surface area contributed by atoms with Crippen LogP contribution in [0.15, 0.2) is 45.7 Å². The van der Waals surface area contributed by atoms with E-state index in [9.17, 15) is 13.2 Å². The van der Waals surface area contributed by atoms with E-state index in [0.717, 1.165) is 5.76 Å². The van der Waals surface area contributed by atoms with Gasteiger partial charge in [-0.15, -0.1) is 0 Å². The van der Waals surface area contributed by atoms with Crippen LogP contribution in [0.5, 0.6) is 0 Å². The monoisotopic (exact) mass is 364 g/mol. The maximum atomic E-state index is 12.3. The molecule has 3 rings (SSSR count). The van der Waals surface area contributed by atoms with Gasteiger partial charge in [0.05, 0.1) is 18.0 Å². The molecule has 0 bridgehead atoms. The minimum atomic E-state index is -3.62. The van der Waals surface area contributed by atoms with Crippen molar-refractivity contribution in [1.82, 2.24) is 10.0 Å². The van der Waals surface area contributed by atoms with Crippen molar-refractivity contribution in [2.75, 3.05) is 13.2 Å². The van der Waals surface area contributed by atoms with Gasteiger partial charge < -0.3 is 14.5 Å². The van der Waals surface area contributed by atoms with Gasteiger partial charge in [-0.2, -0.15) is 0 Å². The minimum absolute atomic E-state index is 0.123. The summed E-state index contributed by atoms with van der Waals surface area (Å²) in [5.41, 5.74) is 0.381. The quantitative estimate of drug-likeness (QED) is 0.811. The Labute approximate surface area is 146 Å². The van der Waals surface area contributed by atoms with Gasteiger partial charge in [0, 0.05) is 18.2 Å². The Morgan fingerprint density at radius 3 is 2.56 bits per heavy atom. The maximum absolute atomic E-state index is 12.3. The molecule has 7 nitrogen and oxygen atoms in total. The molecule has 1 saturated heterocycles. The maximum Gasteiger partial charge on any atom is 0.251 e. The molecule has 1 aromatic carbocycles. The molecule has 1 atom stereocenters. The smallest absolute Gasteiger partial charge is 0.251 e. The number of furan rings is 1. The van der Waals surface area contributed by atoms with Crippen molar-refractivity contribution in [1.29, 1.82) is 0 Å². The Kier molecular flexibility index (Phi) is 5.22. The molecule has 0 saturated carbocycles. The fourth-order valence-corrected chi connectivity index (χ4v) is 3.81. The van der Waals surface area contributed by atoms with Crippen LogP contribution in [-0.4, -0.2) is 33.6 Å². The average molecular weight is 364 g/mol. The highest BCUT2D eigenvalue weighted by Crippen LogP contribution is 2.14. The Hall–Kier alpha value is -2.16. The van der Waals surface area contributed by atoms with E-state index in [-0.39, 0.29) is 23.4 Å². The first-order valence-electron chi connectivity index (χ1n) is 7.98. The normalized spacial score (nSPS) is 17.6. The number of carbonyl (C=O) groups is 1. The largest absolute Gasteiger partial charge is 0.465 e. The fraction of sp³-hybridized carbons (Fsp3) is 0.353. The summed E-state index contributed by atoms with van der Waals surface area (Å²) in [5.74, 6) is 1.14. The average Bonchev–Trinajstić information content (AvgIpc) is 3.24. The van der Waals surface area contributed by atoms with E-state index < -0.39 is 10.0 Å². The van der Waals surface area contributed by atoms with Crippen molar-refractivity contribution in [3.63, 3.8) is 0 Å². The number of ether oxygens (including phenoxy) is 1. The van der Waals surface area contributed by atoms with E-state index in [0.29, 0.717) is 31.0 Å². The number of sulfonamides is 1. The van der Waals surface area contributed by atoms with Crippen molar-refractivity contribution in [2.45, 2.75) is 30.8 Å². The molecule has 2 aromatic rings. The Bertz CT molecular complexity index is 836. The van der Waals surface area contributed by atoms with Crippen LogP contribution in [0.2, 0.25) is 0 Å². The molecule has 1 amide bonds. The molecule has 0 spiro atoms. The summed E-state index contributed by atoms with van der Waals surface area (Å²) >= 11 is 0. The third-order valence-electron chi connectivity index (χ3n) is 3.90. The minimum Gasteiger partial charge on any atom is -0.465 e. The van der Waals surface area contributed by atoms with E-state index in [2.05, 4.69) is 10.0 Å². The van der Waals surface area contributed by atoms with Crippen LogP contribution in [0.25, 0.3) is 0 Å². The molecule has 25 heavy (non-hydrogen) atoms. The predicted molar refractivity (Wildman–Crippen MR) is 90.6 cm³/mol. The molecule has 8 heteroatoms. The SMILES string of the molecule is Cc1ccc(CNC(=O)c2ccc(S(=O)(=O)NC3CCOC3)cc2)o1. The number of carbonyl (C=O) groups excluding carboxylic acids is 1.